The zero-order valence-corrected chi connectivity index (χ0v) is 18.9. The Hall–Kier alpha value is -2.55. The zero-order valence-electron chi connectivity index (χ0n) is 18.1. The Morgan fingerprint density at radius 1 is 1.23 bits per heavy atom. The number of aromatic nitrogens is 4. The topological polar surface area (TPSA) is 86.3 Å². The molecule has 9 heteroatoms. The number of carbonyl (C=O) groups excluding carboxylic acids is 1. The van der Waals surface area contributed by atoms with E-state index < -0.39 is 5.60 Å². The number of piperidine rings is 1. The summed E-state index contributed by atoms with van der Waals surface area (Å²) >= 11 is 1.94. The highest BCUT2D eigenvalue weighted by molar-refractivity contribution is 8.00. The van der Waals surface area contributed by atoms with Gasteiger partial charge in [-0.25, -0.2) is 4.79 Å². The monoisotopic (exact) mass is 441 g/mol. The molecule has 2 aromatic heterocycles. The summed E-state index contributed by atoms with van der Waals surface area (Å²) in [4.78, 5) is 18.7. The van der Waals surface area contributed by atoms with E-state index in [9.17, 15) is 4.79 Å². The molecule has 0 saturated carbocycles. The van der Waals surface area contributed by atoms with Gasteiger partial charge >= 0.3 is 6.09 Å². The summed E-state index contributed by atoms with van der Waals surface area (Å²) in [6.07, 6.45) is 3.23. The quantitative estimate of drug-likeness (QED) is 0.592. The van der Waals surface area contributed by atoms with Crippen LogP contribution in [0.2, 0.25) is 0 Å². The first-order valence-electron chi connectivity index (χ1n) is 10.7. The molecule has 3 aromatic rings. The van der Waals surface area contributed by atoms with Crippen LogP contribution in [-0.2, 0) is 4.74 Å². The molecule has 0 N–H and O–H groups in total. The maximum absolute atomic E-state index is 12.3. The van der Waals surface area contributed by atoms with E-state index in [0.29, 0.717) is 30.8 Å². The largest absolute Gasteiger partial charge is 0.444 e. The van der Waals surface area contributed by atoms with Gasteiger partial charge < -0.3 is 14.2 Å². The van der Waals surface area contributed by atoms with Gasteiger partial charge in [0.25, 0.3) is 0 Å². The summed E-state index contributed by atoms with van der Waals surface area (Å²) in [5, 5.41) is 9.93. The van der Waals surface area contributed by atoms with E-state index >= 15 is 0 Å². The molecular weight excluding hydrogens is 414 g/mol. The Morgan fingerprint density at radius 2 is 2.00 bits per heavy atom. The summed E-state index contributed by atoms with van der Waals surface area (Å²) in [5.74, 6) is 3.61. The van der Waals surface area contributed by atoms with Gasteiger partial charge in [-0.3, -0.25) is 4.68 Å². The standard InChI is InChI=1S/C22H27N5O3S/c1-22(2,3)29-21(28)26-8-6-14(7-9-26)20-24-19(25-30-20)15-4-5-16-11-23-27(18(16)10-15)17-12-31-13-17/h4-5,10-11,14,17H,6-9,12-13H2,1-3H3. The highest BCUT2D eigenvalue weighted by Crippen LogP contribution is 2.33. The van der Waals surface area contributed by atoms with Crippen molar-refractivity contribution in [2.75, 3.05) is 24.6 Å². The van der Waals surface area contributed by atoms with Crippen molar-refractivity contribution in [3.8, 4) is 11.4 Å². The predicted octanol–water partition coefficient (Wildman–Crippen LogP) is 4.49. The van der Waals surface area contributed by atoms with Crippen molar-refractivity contribution in [2.24, 2.45) is 0 Å². The molecule has 164 valence electrons. The van der Waals surface area contributed by atoms with Crippen molar-refractivity contribution in [1.82, 2.24) is 24.8 Å². The lowest BCUT2D eigenvalue weighted by atomic mass is 9.97. The predicted molar refractivity (Wildman–Crippen MR) is 119 cm³/mol. The second-order valence-electron chi connectivity index (χ2n) is 9.25. The fourth-order valence-corrected chi connectivity index (χ4v) is 4.72. The van der Waals surface area contributed by atoms with Crippen LogP contribution in [0.3, 0.4) is 0 Å². The summed E-state index contributed by atoms with van der Waals surface area (Å²) in [7, 11) is 0. The number of fused-ring (bicyclic) bond motifs is 1. The molecule has 0 spiro atoms. The number of amides is 1. The zero-order chi connectivity index (χ0) is 21.6. The lowest BCUT2D eigenvalue weighted by Gasteiger charge is -2.32. The molecule has 2 saturated heterocycles. The van der Waals surface area contributed by atoms with Gasteiger partial charge in [-0.05, 0) is 39.7 Å². The van der Waals surface area contributed by atoms with Gasteiger partial charge in [-0.1, -0.05) is 17.3 Å². The summed E-state index contributed by atoms with van der Waals surface area (Å²) < 4.78 is 13.2. The van der Waals surface area contributed by atoms with Crippen molar-refractivity contribution < 1.29 is 14.1 Å². The number of nitrogens with zero attached hydrogens (tertiary/aromatic N) is 5. The molecule has 0 atom stereocenters. The molecule has 8 nitrogen and oxygen atoms in total. The van der Waals surface area contributed by atoms with Gasteiger partial charge in [-0.2, -0.15) is 21.8 Å². The lowest BCUT2D eigenvalue weighted by Crippen LogP contribution is -2.41. The van der Waals surface area contributed by atoms with Gasteiger partial charge in [0.05, 0.1) is 17.8 Å². The van der Waals surface area contributed by atoms with E-state index in [0.717, 1.165) is 40.8 Å². The SMILES string of the molecule is CC(C)(C)OC(=O)N1CCC(c2nc(-c3ccc4cnn(C5CSC5)c4c3)no2)CC1. The van der Waals surface area contributed by atoms with E-state index in [1.165, 1.54) is 0 Å². The van der Waals surface area contributed by atoms with Crippen molar-refractivity contribution in [3.63, 3.8) is 0 Å². The molecule has 1 amide bonds. The number of rotatable bonds is 3. The van der Waals surface area contributed by atoms with Crippen LogP contribution >= 0.6 is 11.8 Å². The van der Waals surface area contributed by atoms with Gasteiger partial charge in [-0.15, -0.1) is 0 Å². The Labute approximate surface area is 185 Å². The average Bonchev–Trinajstić information content (AvgIpc) is 3.33. The van der Waals surface area contributed by atoms with E-state index in [2.05, 4.69) is 32.1 Å². The van der Waals surface area contributed by atoms with Crippen molar-refractivity contribution in [1.29, 1.82) is 0 Å². The van der Waals surface area contributed by atoms with Crippen LogP contribution in [0, 0.1) is 0 Å². The van der Waals surface area contributed by atoms with Gasteiger partial charge in [0.15, 0.2) is 0 Å². The summed E-state index contributed by atoms with van der Waals surface area (Å²) in [5.41, 5.74) is 1.56. The highest BCUT2D eigenvalue weighted by atomic mass is 32.2. The normalized spacial score (nSPS) is 18.4. The number of thioether (sulfide) groups is 1. The van der Waals surface area contributed by atoms with E-state index in [-0.39, 0.29) is 12.0 Å². The first-order valence-corrected chi connectivity index (χ1v) is 11.9. The van der Waals surface area contributed by atoms with E-state index in [4.69, 9.17) is 9.26 Å². The molecule has 0 bridgehead atoms. The second-order valence-corrected chi connectivity index (χ2v) is 10.3. The minimum absolute atomic E-state index is 0.154. The smallest absolute Gasteiger partial charge is 0.410 e. The van der Waals surface area contributed by atoms with E-state index in [1.54, 1.807) is 4.90 Å². The molecule has 4 heterocycles. The Morgan fingerprint density at radius 3 is 2.68 bits per heavy atom. The minimum atomic E-state index is -0.483. The highest BCUT2D eigenvalue weighted by Gasteiger charge is 2.30. The van der Waals surface area contributed by atoms with Crippen LogP contribution in [0.5, 0.6) is 0 Å². The van der Waals surface area contributed by atoms with Crippen LogP contribution in [0.15, 0.2) is 28.9 Å². The fraction of sp³-hybridized carbons (Fsp3) is 0.545. The minimum Gasteiger partial charge on any atom is -0.444 e. The number of carbonyl (C=O) groups is 1. The molecule has 2 aliphatic rings. The summed E-state index contributed by atoms with van der Waals surface area (Å²) in [6, 6.07) is 6.65. The Kier molecular flexibility index (Phi) is 5.16. The molecule has 2 fully saturated rings. The fourth-order valence-electron chi connectivity index (χ4n) is 3.99. The van der Waals surface area contributed by atoms with Crippen LogP contribution in [0.4, 0.5) is 4.79 Å². The van der Waals surface area contributed by atoms with Gasteiger partial charge in [0, 0.05) is 41.5 Å². The summed E-state index contributed by atoms with van der Waals surface area (Å²) in [6.45, 7) is 6.90. The Bertz CT molecular complexity index is 1090. The molecule has 0 radical (unpaired) electrons. The third kappa shape index (κ3) is 4.15. The third-order valence-corrected chi connectivity index (χ3v) is 7.00. The number of hydrogen-bond acceptors (Lipinski definition) is 7. The van der Waals surface area contributed by atoms with Crippen molar-refractivity contribution >= 4 is 28.8 Å². The molecule has 2 aliphatic heterocycles. The molecule has 31 heavy (non-hydrogen) atoms. The Balaban J connectivity index is 1.28. The maximum Gasteiger partial charge on any atom is 0.410 e. The van der Waals surface area contributed by atoms with Crippen LogP contribution < -0.4 is 0 Å². The molecule has 1 aromatic carbocycles. The number of likely N-dealkylation sites (tertiary alicyclic amines) is 1. The number of hydrogen-bond donors (Lipinski definition) is 0. The second kappa shape index (κ2) is 7.85. The maximum atomic E-state index is 12.3. The molecule has 0 unspecified atom stereocenters. The first-order chi connectivity index (χ1) is 14.9. The van der Waals surface area contributed by atoms with Gasteiger partial charge in [0.2, 0.25) is 11.7 Å². The van der Waals surface area contributed by atoms with Crippen molar-refractivity contribution in [2.45, 2.75) is 51.2 Å². The van der Waals surface area contributed by atoms with Gasteiger partial charge in [0.1, 0.15) is 5.60 Å². The van der Waals surface area contributed by atoms with Crippen LogP contribution in [0.1, 0.15) is 51.5 Å². The van der Waals surface area contributed by atoms with E-state index in [1.807, 2.05) is 44.8 Å². The van der Waals surface area contributed by atoms with Crippen LogP contribution in [0.25, 0.3) is 22.3 Å². The molecular formula is C22H27N5O3S. The third-order valence-electron chi connectivity index (χ3n) is 5.76. The number of ether oxygens (including phenoxy) is 1. The number of benzene rings is 1. The van der Waals surface area contributed by atoms with Crippen molar-refractivity contribution in [3.05, 3.63) is 30.3 Å². The first kappa shape index (κ1) is 20.4. The molecule has 0 aliphatic carbocycles. The lowest BCUT2D eigenvalue weighted by molar-refractivity contribution is 0.0198. The molecule has 5 rings (SSSR count). The average molecular weight is 442 g/mol. The van der Waals surface area contributed by atoms with Crippen LogP contribution in [-0.4, -0.2) is 61.1 Å².